The van der Waals surface area contributed by atoms with E-state index in [2.05, 4.69) is 21.3 Å². The van der Waals surface area contributed by atoms with Gasteiger partial charge in [-0.05, 0) is 54.3 Å². The number of halogens is 1. The molecular weight excluding hydrogens is 416 g/mol. The molecule has 0 bridgehead atoms. The average molecular weight is 441 g/mol. The number of ether oxygens (including phenoxy) is 2. The molecule has 0 radical (unpaired) electrons. The number of hydrogen-bond donors (Lipinski definition) is 0. The lowest BCUT2D eigenvalue weighted by molar-refractivity contribution is 0.0516. The molecule has 4 rings (SSSR count). The highest BCUT2D eigenvalue weighted by Crippen LogP contribution is 2.24. The van der Waals surface area contributed by atoms with Gasteiger partial charge in [-0.1, -0.05) is 35.0 Å². The molecule has 31 heavy (non-hydrogen) atoms. The van der Waals surface area contributed by atoms with Gasteiger partial charge in [0.05, 0.1) is 26.0 Å². The van der Waals surface area contributed by atoms with Gasteiger partial charge in [0.2, 0.25) is 0 Å². The highest BCUT2D eigenvalue weighted by atomic mass is 35.5. The number of esters is 1. The summed E-state index contributed by atoms with van der Waals surface area (Å²) in [4.78, 5) is 14.8. The summed E-state index contributed by atoms with van der Waals surface area (Å²) in [6.07, 6.45) is 0.907. The number of carbonyl (C=O) groups is 1. The minimum Gasteiger partial charge on any atom is -0.497 e. The first kappa shape index (κ1) is 21.3. The summed E-state index contributed by atoms with van der Waals surface area (Å²) in [6.45, 7) is 4.78. The fourth-order valence-electron chi connectivity index (χ4n) is 3.80. The van der Waals surface area contributed by atoms with Crippen LogP contribution >= 0.6 is 11.6 Å². The molecule has 0 atom stereocenters. The van der Waals surface area contributed by atoms with Crippen LogP contribution in [0.25, 0.3) is 0 Å². The Morgan fingerprint density at radius 2 is 1.94 bits per heavy atom. The summed E-state index contributed by atoms with van der Waals surface area (Å²) in [6, 6.07) is 13.8. The molecule has 1 aromatic heterocycles. The van der Waals surface area contributed by atoms with Crippen LogP contribution in [0.5, 0.6) is 5.75 Å². The molecule has 0 fully saturated rings. The van der Waals surface area contributed by atoms with Gasteiger partial charge in [-0.2, -0.15) is 0 Å². The Morgan fingerprint density at radius 3 is 2.68 bits per heavy atom. The highest BCUT2D eigenvalue weighted by molar-refractivity contribution is 6.30. The van der Waals surface area contributed by atoms with Crippen molar-refractivity contribution in [3.63, 3.8) is 0 Å². The van der Waals surface area contributed by atoms with Gasteiger partial charge < -0.3 is 9.47 Å². The number of hydrogen-bond acceptors (Lipinski definition) is 6. The van der Waals surface area contributed by atoms with E-state index in [1.165, 1.54) is 11.1 Å². The monoisotopic (exact) mass is 440 g/mol. The van der Waals surface area contributed by atoms with Gasteiger partial charge in [0.15, 0.2) is 5.69 Å². The van der Waals surface area contributed by atoms with Crippen LogP contribution in [-0.4, -0.2) is 46.1 Å². The molecule has 0 aliphatic carbocycles. The first-order chi connectivity index (χ1) is 15.1. The van der Waals surface area contributed by atoms with Crippen LogP contribution in [-0.2, 0) is 30.8 Å². The molecule has 0 saturated carbocycles. The van der Waals surface area contributed by atoms with Crippen LogP contribution in [0.2, 0.25) is 5.02 Å². The third kappa shape index (κ3) is 4.89. The second-order valence-electron chi connectivity index (χ2n) is 7.48. The van der Waals surface area contributed by atoms with Gasteiger partial charge in [0.25, 0.3) is 0 Å². The van der Waals surface area contributed by atoms with Crippen LogP contribution in [0, 0.1) is 0 Å². The van der Waals surface area contributed by atoms with Crippen LogP contribution in [0.1, 0.15) is 39.8 Å². The van der Waals surface area contributed by atoms with E-state index in [0.29, 0.717) is 19.7 Å². The van der Waals surface area contributed by atoms with E-state index in [0.717, 1.165) is 41.5 Å². The Hall–Kier alpha value is -2.90. The van der Waals surface area contributed by atoms with Crippen molar-refractivity contribution in [3.8, 4) is 5.75 Å². The molecule has 0 N–H and O–H groups in total. The second-order valence-corrected chi connectivity index (χ2v) is 7.92. The summed E-state index contributed by atoms with van der Waals surface area (Å²) < 4.78 is 12.2. The van der Waals surface area contributed by atoms with E-state index < -0.39 is 5.97 Å². The lowest BCUT2D eigenvalue weighted by Gasteiger charge is -2.29. The van der Waals surface area contributed by atoms with E-state index in [1.54, 1.807) is 18.7 Å². The molecule has 2 heterocycles. The molecule has 0 spiro atoms. The topological polar surface area (TPSA) is 69.5 Å². The van der Waals surface area contributed by atoms with Crippen molar-refractivity contribution < 1.29 is 14.3 Å². The zero-order valence-electron chi connectivity index (χ0n) is 17.7. The number of aromatic nitrogens is 3. The quantitative estimate of drug-likeness (QED) is 0.521. The minimum absolute atomic E-state index is 0.275. The van der Waals surface area contributed by atoms with E-state index in [-0.39, 0.29) is 5.69 Å². The second kappa shape index (κ2) is 9.49. The zero-order chi connectivity index (χ0) is 21.8. The zero-order valence-corrected chi connectivity index (χ0v) is 18.4. The van der Waals surface area contributed by atoms with Gasteiger partial charge in [-0.3, -0.25) is 4.90 Å². The van der Waals surface area contributed by atoms with Gasteiger partial charge in [-0.25, -0.2) is 9.48 Å². The van der Waals surface area contributed by atoms with Crippen molar-refractivity contribution in [2.24, 2.45) is 0 Å². The van der Waals surface area contributed by atoms with E-state index in [9.17, 15) is 4.79 Å². The number of nitrogens with zero attached hydrogens (tertiary/aromatic N) is 4. The maximum absolute atomic E-state index is 12.5. The molecule has 2 aromatic carbocycles. The van der Waals surface area contributed by atoms with Crippen LogP contribution in [0.4, 0.5) is 0 Å². The number of methoxy groups -OCH3 is 1. The van der Waals surface area contributed by atoms with Gasteiger partial charge in [-0.15, -0.1) is 5.10 Å². The Morgan fingerprint density at radius 1 is 1.13 bits per heavy atom. The molecule has 1 aliphatic rings. The molecule has 0 saturated heterocycles. The number of benzene rings is 2. The standard InChI is InChI=1S/C23H25ClN4O3/c1-3-31-23(29)22-21(15-27-11-10-17-12-19(24)7-6-18(17)14-27)28(26-25-22)13-16-4-8-20(30-2)9-5-16/h4-9,12H,3,10-11,13-15H2,1-2H3. The Balaban J connectivity index is 1.58. The normalized spacial score (nSPS) is 13.6. The largest absolute Gasteiger partial charge is 0.497 e. The van der Waals surface area contributed by atoms with E-state index in [1.807, 2.05) is 36.4 Å². The molecule has 3 aromatic rings. The minimum atomic E-state index is -0.442. The number of rotatable bonds is 7. The highest BCUT2D eigenvalue weighted by Gasteiger charge is 2.25. The fraction of sp³-hybridized carbons (Fsp3) is 0.348. The average Bonchev–Trinajstić information content (AvgIpc) is 3.16. The molecule has 8 heteroatoms. The smallest absolute Gasteiger partial charge is 0.360 e. The van der Waals surface area contributed by atoms with Gasteiger partial charge >= 0.3 is 5.97 Å². The number of fused-ring (bicyclic) bond motifs is 1. The molecule has 162 valence electrons. The Bertz CT molecular complexity index is 1070. The SMILES string of the molecule is CCOC(=O)c1nnn(Cc2ccc(OC)cc2)c1CN1CCc2cc(Cl)ccc2C1. The maximum Gasteiger partial charge on any atom is 0.360 e. The predicted octanol–water partition coefficient (Wildman–Crippen LogP) is 3.72. The molecule has 7 nitrogen and oxygen atoms in total. The first-order valence-corrected chi connectivity index (χ1v) is 10.7. The van der Waals surface area contributed by atoms with Crippen LogP contribution in [0.15, 0.2) is 42.5 Å². The third-order valence-electron chi connectivity index (χ3n) is 5.43. The van der Waals surface area contributed by atoms with Crippen LogP contribution < -0.4 is 4.74 Å². The van der Waals surface area contributed by atoms with Gasteiger partial charge in [0, 0.05) is 24.7 Å². The lowest BCUT2D eigenvalue weighted by atomic mass is 9.99. The lowest BCUT2D eigenvalue weighted by Crippen LogP contribution is -2.31. The predicted molar refractivity (Wildman–Crippen MR) is 117 cm³/mol. The van der Waals surface area contributed by atoms with E-state index in [4.69, 9.17) is 21.1 Å². The molecule has 1 aliphatic heterocycles. The fourth-order valence-corrected chi connectivity index (χ4v) is 4.00. The Kier molecular flexibility index (Phi) is 6.53. The van der Waals surface area contributed by atoms with Crippen molar-refractivity contribution in [3.05, 3.63) is 75.6 Å². The van der Waals surface area contributed by atoms with E-state index >= 15 is 0 Å². The summed E-state index contributed by atoms with van der Waals surface area (Å²) in [5.74, 6) is 0.351. The van der Waals surface area contributed by atoms with Gasteiger partial charge in [0.1, 0.15) is 5.75 Å². The third-order valence-corrected chi connectivity index (χ3v) is 5.67. The maximum atomic E-state index is 12.5. The van der Waals surface area contributed by atoms with Crippen molar-refractivity contribution in [2.75, 3.05) is 20.3 Å². The van der Waals surface area contributed by atoms with Crippen molar-refractivity contribution in [1.29, 1.82) is 0 Å². The summed E-state index contributed by atoms with van der Waals surface area (Å²) in [5, 5.41) is 9.19. The number of carbonyl (C=O) groups excluding carboxylic acids is 1. The summed E-state index contributed by atoms with van der Waals surface area (Å²) in [5.41, 5.74) is 4.60. The van der Waals surface area contributed by atoms with Crippen molar-refractivity contribution >= 4 is 17.6 Å². The van der Waals surface area contributed by atoms with Crippen LogP contribution in [0.3, 0.4) is 0 Å². The van der Waals surface area contributed by atoms with Crippen molar-refractivity contribution in [2.45, 2.75) is 33.0 Å². The first-order valence-electron chi connectivity index (χ1n) is 10.3. The Labute approximate surface area is 186 Å². The molecule has 0 amide bonds. The van der Waals surface area contributed by atoms with Crippen molar-refractivity contribution in [1.82, 2.24) is 19.9 Å². The summed E-state index contributed by atoms with van der Waals surface area (Å²) >= 11 is 6.14. The molecule has 0 unspecified atom stereocenters. The summed E-state index contributed by atoms with van der Waals surface area (Å²) in [7, 11) is 1.64. The molecular formula is C23H25ClN4O3.